The van der Waals surface area contributed by atoms with E-state index in [2.05, 4.69) is 5.32 Å². The Kier molecular flexibility index (Phi) is 5.01. The fraction of sp³-hybridized carbons (Fsp3) is 0.562. The normalized spacial score (nSPS) is 16.9. The second kappa shape index (κ2) is 6.75. The number of hydrogen-bond acceptors (Lipinski definition) is 3. The van der Waals surface area contributed by atoms with Crippen LogP contribution in [0.15, 0.2) is 18.2 Å². The third-order valence-corrected chi connectivity index (χ3v) is 3.76. The fourth-order valence-corrected chi connectivity index (χ4v) is 2.58. The Labute approximate surface area is 120 Å². The molecule has 1 aliphatic carbocycles. The molecule has 2 rings (SSSR count). The van der Waals surface area contributed by atoms with E-state index in [1.54, 1.807) is 13.0 Å². The Morgan fingerprint density at radius 1 is 1.45 bits per heavy atom. The van der Waals surface area contributed by atoms with Crippen LogP contribution in [-0.4, -0.2) is 23.7 Å². The number of aliphatic hydroxyl groups is 1. The van der Waals surface area contributed by atoms with Crippen molar-refractivity contribution in [3.8, 4) is 5.75 Å². The summed E-state index contributed by atoms with van der Waals surface area (Å²) in [5.41, 5.74) is 1.78. The van der Waals surface area contributed by atoms with Gasteiger partial charge in [-0.25, -0.2) is 0 Å². The second-order valence-electron chi connectivity index (χ2n) is 5.54. The van der Waals surface area contributed by atoms with Crippen LogP contribution in [0.2, 0.25) is 0 Å². The number of benzene rings is 1. The van der Waals surface area contributed by atoms with Gasteiger partial charge in [-0.1, -0.05) is 18.9 Å². The van der Waals surface area contributed by atoms with E-state index in [-0.39, 0.29) is 12.5 Å². The van der Waals surface area contributed by atoms with Gasteiger partial charge in [-0.2, -0.15) is 0 Å². The lowest BCUT2D eigenvalue weighted by Gasteiger charge is -2.14. The van der Waals surface area contributed by atoms with E-state index in [9.17, 15) is 9.90 Å². The summed E-state index contributed by atoms with van der Waals surface area (Å²) >= 11 is 0. The van der Waals surface area contributed by atoms with Crippen LogP contribution in [-0.2, 0) is 4.79 Å². The van der Waals surface area contributed by atoms with E-state index >= 15 is 0 Å². The Bertz CT molecular complexity index is 465. The van der Waals surface area contributed by atoms with Crippen molar-refractivity contribution in [1.82, 2.24) is 5.32 Å². The maximum atomic E-state index is 11.8. The molecule has 20 heavy (non-hydrogen) atoms. The molecule has 1 atom stereocenters. The van der Waals surface area contributed by atoms with Gasteiger partial charge in [0.2, 0.25) is 0 Å². The van der Waals surface area contributed by atoms with E-state index in [0.717, 1.165) is 24.0 Å². The third kappa shape index (κ3) is 3.97. The first-order valence-corrected chi connectivity index (χ1v) is 7.27. The minimum absolute atomic E-state index is 0.0470. The molecular formula is C16H23NO3. The zero-order chi connectivity index (χ0) is 14.5. The molecule has 0 radical (unpaired) electrons. The molecule has 4 heteroatoms. The molecule has 1 saturated carbocycles. The Hall–Kier alpha value is -1.55. The molecule has 4 nitrogen and oxygen atoms in total. The maximum Gasteiger partial charge on any atom is 0.258 e. The molecular weight excluding hydrogens is 254 g/mol. The lowest BCUT2D eigenvalue weighted by atomic mass is 10.1. The highest BCUT2D eigenvalue weighted by Gasteiger charge is 2.17. The zero-order valence-corrected chi connectivity index (χ0v) is 12.2. The Morgan fingerprint density at radius 2 is 2.15 bits per heavy atom. The van der Waals surface area contributed by atoms with Crippen LogP contribution < -0.4 is 10.1 Å². The third-order valence-electron chi connectivity index (χ3n) is 3.76. The highest BCUT2D eigenvalue weighted by molar-refractivity contribution is 5.77. The Balaban J connectivity index is 1.85. The standard InChI is InChI=1S/C16H23NO3/c1-11-9-13(12(2)18)7-8-15(11)20-10-16(19)17-14-5-3-4-6-14/h7-9,12,14,18H,3-6,10H2,1-2H3,(H,17,19). The largest absolute Gasteiger partial charge is 0.484 e. The minimum atomic E-state index is -0.492. The van der Waals surface area contributed by atoms with Crippen molar-refractivity contribution >= 4 is 5.91 Å². The van der Waals surface area contributed by atoms with E-state index in [0.29, 0.717) is 11.8 Å². The molecule has 1 aliphatic rings. The van der Waals surface area contributed by atoms with Crippen molar-refractivity contribution in [2.24, 2.45) is 0 Å². The number of amides is 1. The molecule has 1 amide bonds. The molecule has 1 aromatic rings. The van der Waals surface area contributed by atoms with Crippen molar-refractivity contribution in [3.05, 3.63) is 29.3 Å². The van der Waals surface area contributed by atoms with Gasteiger partial charge in [0.05, 0.1) is 6.10 Å². The van der Waals surface area contributed by atoms with Crippen molar-refractivity contribution in [1.29, 1.82) is 0 Å². The molecule has 1 unspecified atom stereocenters. The number of nitrogens with one attached hydrogen (secondary N) is 1. The number of aliphatic hydroxyl groups excluding tert-OH is 1. The molecule has 1 fully saturated rings. The van der Waals surface area contributed by atoms with Crippen molar-refractivity contribution < 1.29 is 14.6 Å². The molecule has 0 aliphatic heterocycles. The monoisotopic (exact) mass is 277 g/mol. The predicted molar refractivity (Wildman–Crippen MR) is 77.7 cm³/mol. The van der Waals surface area contributed by atoms with E-state index in [4.69, 9.17) is 4.74 Å². The number of carbonyl (C=O) groups is 1. The van der Waals surface area contributed by atoms with Gasteiger partial charge in [0, 0.05) is 6.04 Å². The van der Waals surface area contributed by atoms with Crippen molar-refractivity contribution in [2.75, 3.05) is 6.61 Å². The Morgan fingerprint density at radius 3 is 2.75 bits per heavy atom. The quantitative estimate of drug-likeness (QED) is 0.869. The summed E-state index contributed by atoms with van der Waals surface area (Å²) in [6.45, 7) is 3.69. The topological polar surface area (TPSA) is 58.6 Å². The fourth-order valence-electron chi connectivity index (χ4n) is 2.58. The van der Waals surface area contributed by atoms with Crippen molar-refractivity contribution in [2.45, 2.75) is 51.7 Å². The summed E-state index contributed by atoms with van der Waals surface area (Å²) in [6, 6.07) is 5.83. The lowest BCUT2D eigenvalue weighted by molar-refractivity contribution is -0.123. The molecule has 0 spiro atoms. The van der Waals surface area contributed by atoms with Gasteiger partial charge in [0.15, 0.2) is 6.61 Å². The molecule has 1 aromatic carbocycles. The van der Waals surface area contributed by atoms with Crippen LogP contribution in [0.5, 0.6) is 5.75 Å². The smallest absolute Gasteiger partial charge is 0.258 e. The number of ether oxygens (including phenoxy) is 1. The van der Waals surface area contributed by atoms with E-state index < -0.39 is 6.10 Å². The summed E-state index contributed by atoms with van der Waals surface area (Å²) in [7, 11) is 0. The minimum Gasteiger partial charge on any atom is -0.484 e. The number of rotatable bonds is 5. The first-order valence-electron chi connectivity index (χ1n) is 7.27. The summed E-state index contributed by atoms with van der Waals surface area (Å²) < 4.78 is 5.55. The van der Waals surface area contributed by atoms with Gasteiger partial charge in [-0.15, -0.1) is 0 Å². The second-order valence-corrected chi connectivity index (χ2v) is 5.54. The van der Waals surface area contributed by atoms with Crippen molar-refractivity contribution in [3.63, 3.8) is 0 Å². The number of hydrogen-bond donors (Lipinski definition) is 2. The summed E-state index contributed by atoms with van der Waals surface area (Å²) in [5, 5.41) is 12.5. The highest BCUT2D eigenvalue weighted by Crippen LogP contribution is 2.22. The molecule has 0 heterocycles. The summed E-state index contributed by atoms with van der Waals surface area (Å²) in [6.07, 6.45) is 4.06. The molecule has 0 bridgehead atoms. The van der Waals surface area contributed by atoms with Crippen LogP contribution in [0.25, 0.3) is 0 Å². The van der Waals surface area contributed by atoms with E-state index in [1.807, 2.05) is 19.1 Å². The van der Waals surface area contributed by atoms with Gasteiger partial charge in [0.25, 0.3) is 5.91 Å². The van der Waals surface area contributed by atoms with Crippen LogP contribution in [0.1, 0.15) is 49.8 Å². The average Bonchev–Trinajstić information content (AvgIpc) is 2.90. The maximum absolute atomic E-state index is 11.8. The first kappa shape index (κ1) is 14.9. The highest BCUT2D eigenvalue weighted by atomic mass is 16.5. The van der Waals surface area contributed by atoms with Crippen LogP contribution in [0.4, 0.5) is 0 Å². The summed E-state index contributed by atoms with van der Waals surface area (Å²) in [4.78, 5) is 11.8. The van der Waals surface area contributed by atoms with Gasteiger partial charge < -0.3 is 15.2 Å². The van der Waals surface area contributed by atoms with Gasteiger partial charge in [0.1, 0.15) is 5.75 Å². The van der Waals surface area contributed by atoms with Gasteiger partial charge in [-0.3, -0.25) is 4.79 Å². The molecule has 2 N–H and O–H groups in total. The van der Waals surface area contributed by atoms with Gasteiger partial charge in [-0.05, 0) is 49.9 Å². The molecule has 0 saturated heterocycles. The molecule has 110 valence electrons. The van der Waals surface area contributed by atoms with E-state index in [1.165, 1.54) is 12.8 Å². The van der Waals surface area contributed by atoms with Gasteiger partial charge >= 0.3 is 0 Å². The first-order chi connectivity index (χ1) is 9.56. The van der Waals surface area contributed by atoms with Crippen LogP contribution in [0, 0.1) is 6.92 Å². The number of aryl methyl sites for hydroxylation is 1. The zero-order valence-electron chi connectivity index (χ0n) is 12.2. The lowest BCUT2D eigenvalue weighted by Crippen LogP contribution is -2.36. The number of carbonyl (C=O) groups excluding carboxylic acids is 1. The predicted octanol–water partition coefficient (Wildman–Crippen LogP) is 2.49. The van der Waals surface area contributed by atoms with Crippen LogP contribution in [0.3, 0.4) is 0 Å². The molecule has 0 aromatic heterocycles. The SMILES string of the molecule is Cc1cc(C(C)O)ccc1OCC(=O)NC1CCCC1. The summed E-state index contributed by atoms with van der Waals surface area (Å²) in [5.74, 6) is 0.631. The average molecular weight is 277 g/mol. The van der Waals surface area contributed by atoms with Crippen LogP contribution >= 0.6 is 0 Å².